The number of hydrogen-bond acceptors (Lipinski definition) is 3. The Labute approximate surface area is 96.8 Å². The fourth-order valence-electron chi connectivity index (χ4n) is 1.40. The smallest absolute Gasteiger partial charge is 0.114 e. The van der Waals surface area contributed by atoms with E-state index < -0.39 is 0 Å². The quantitative estimate of drug-likeness (QED) is 0.570. The average molecular weight is 227 g/mol. The summed E-state index contributed by atoms with van der Waals surface area (Å²) in [6, 6.07) is 2.70. The van der Waals surface area contributed by atoms with Crippen LogP contribution < -0.4 is 5.32 Å². The molecule has 1 N–H and O–H groups in total. The van der Waals surface area contributed by atoms with Gasteiger partial charge >= 0.3 is 0 Å². The van der Waals surface area contributed by atoms with Crippen LogP contribution in [0.5, 0.6) is 0 Å². The molecule has 0 fully saturated rings. The molecule has 0 amide bonds. The summed E-state index contributed by atoms with van der Waals surface area (Å²) in [7, 11) is 2.02. The highest BCUT2D eigenvalue weighted by Crippen LogP contribution is 2.24. The Balaban J connectivity index is 2.05. The summed E-state index contributed by atoms with van der Waals surface area (Å²) in [5.74, 6) is 2.24. The van der Waals surface area contributed by atoms with E-state index in [4.69, 9.17) is 4.42 Å². The van der Waals surface area contributed by atoms with Gasteiger partial charge in [-0.25, -0.2) is 0 Å². The third-order valence-electron chi connectivity index (χ3n) is 2.59. The van der Waals surface area contributed by atoms with Crippen molar-refractivity contribution in [2.75, 3.05) is 12.8 Å². The Hall–Kier alpha value is -0.410. The van der Waals surface area contributed by atoms with E-state index in [-0.39, 0.29) is 0 Å². The molecule has 1 unspecified atom stereocenters. The number of nitrogens with one attached hydrogen (secondary N) is 1. The van der Waals surface area contributed by atoms with Crippen molar-refractivity contribution < 1.29 is 4.42 Å². The Morgan fingerprint density at radius 1 is 1.47 bits per heavy atom. The molecular weight excluding hydrogens is 206 g/mol. The van der Waals surface area contributed by atoms with Crippen LogP contribution in [-0.4, -0.2) is 18.8 Å². The molecule has 15 heavy (non-hydrogen) atoms. The molecule has 0 aliphatic carbocycles. The third-order valence-corrected chi connectivity index (χ3v) is 3.82. The zero-order chi connectivity index (χ0) is 11.1. The molecule has 0 saturated carbocycles. The van der Waals surface area contributed by atoms with Gasteiger partial charge < -0.3 is 9.73 Å². The minimum absolute atomic E-state index is 0.644. The minimum Gasteiger partial charge on any atom is -0.468 e. The molecule has 3 heteroatoms. The number of hydrogen-bond donors (Lipinski definition) is 1. The summed E-state index contributed by atoms with van der Waals surface area (Å²) in [6.07, 6.45) is 5.61. The Morgan fingerprint density at radius 3 is 2.87 bits per heavy atom. The van der Waals surface area contributed by atoms with Crippen LogP contribution in [0.15, 0.2) is 21.6 Å². The van der Waals surface area contributed by atoms with E-state index in [1.807, 2.05) is 25.7 Å². The maximum absolute atomic E-state index is 5.25. The second kappa shape index (κ2) is 6.96. The van der Waals surface area contributed by atoms with Gasteiger partial charge in [-0.1, -0.05) is 6.42 Å². The second-order valence-electron chi connectivity index (χ2n) is 3.88. The predicted octanol–water partition coefficient (Wildman–Crippen LogP) is 3.46. The number of unbranched alkanes of at least 4 members (excludes halogenated alkanes) is 1. The zero-order valence-corrected chi connectivity index (χ0v) is 10.7. The molecule has 0 aliphatic rings. The van der Waals surface area contributed by atoms with E-state index in [1.165, 1.54) is 29.9 Å². The Morgan fingerprint density at radius 2 is 2.27 bits per heavy atom. The topological polar surface area (TPSA) is 25.2 Å². The van der Waals surface area contributed by atoms with Gasteiger partial charge in [0, 0.05) is 10.9 Å². The van der Waals surface area contributed by atoms with E-state index in [0.717, 1.165) is 5.76 Å². The number of thioether (sulfide) groups is 1. The fourth-order valence-corrected chi connectivity index (χ4v) is 2.37. The summed E-state index contributed by atoms with van der Waals surface area (Å²) in [4.78, 5) is 1.29. The summed E-state index contributed by atoms with van der Waals surface area (Å²) in [6.45, 7) is 4.25. The van der Waals surface area contributed by atoms with Gasteiger partial charge in [0.2, 0.25) is 0 Å². The first-order chi connectivity index (χ1) is 7.24. The van der Waals surface area contributed by atoms with E-state index >= 15 is 0 Å². The van der Waals surface area contributed by atoms with Crippen LogP contribution in [0.4, 0.5) is 0 Å². The van der Waals surface area contributed by atoms with E-state index in [1.54, 1.807) is 6.26 Å². The van der Waals surface area contributed by atoms with Crippen LogP contribution in [-0.2, 0) is 0 Å². The van der Waals surface area contributed by atoms with E-state index in [9.17, 15) is 0 Å². The van der Waals surface area contributed by atoms with Crippen molar-refractivity contribution in [3.63, 3.8) is 0 Å². The molecule has 0 aliphatic heterocycles. The number of furan rings is 1. The lowest BCUT2D eigenvalue weighted by molar-refractivity contribution is 0.526. The number of aryl methyl sites for hydroxylation is 1. The minimum atomic E-state index is 0.644. The molecule has 1 atom stereocenters. The van der Waals surface area contributed by atoms with Crippen molar-refractivity contribution in [1.29, 1.82) is 0 Å². The molecule has 86 valence electrons. The summed E-state index contributed by atoms with van der Waals surface area (Å²) >= 11 is 1.90. The highest BCUT2D eigenvalue weighted by Gasteiger charge is 2.02. The van der Waals surface area contributed by atoms with Crippen LogP contribution in [0.1, 0.15) is 31.9 Å². The average Bonchev–Trinajstić information content (AvgIpc) is 2.63. The van der Waals surface area contributed by atoms with Gasteiger partial charge in [-0.3, -0.25) is 0 Å². The van der Waals surface area contributed by atoms with Gasteiger partial charge in [0.05, 0.1) is 6.26 Å². The molecule has 1 aromatic heterocycles. The summed E-state index contributed by atoms with van der Waals surface area (Å²) in [5, 5.41) is 3.26. The van der Waals surface area contributed by atoms with Crippen molar-refractivity contribution >= 4 is 11.8 Å². The van der Waals surface area contributed by atoms with Crippen LogP contribution >= 0.6 is 11.8 Å². The zero-order valence-electron chi connectivity index (χ0n) is 9.88. The van der Waals surface area contributed by atoms with Crippen LogP contribution in [0.25, 0.3) is 0 Å². The Kier molecular flexibility index (Phi) is 5.88. The Bertz CT molecular complexity index is 272. The molecule has 0 bridgehead atoms. The first kappa shape index (κ1) is 12.7. The monoisotopic (exact) mass is 227 g/mol. The molecule has 1 rings (SSSR count). The SMILES string of the molecule is CNC(C)CCCCSc1ccoc1C. The van der Waals surface area contributed by atoms with E-state index in [0.29, 0.717) is 6.04 Å². The second-order valence-corrected chi connectivity index (χ2v) is 5.01. The molecule has 0 radical (unpaired) electrons. The molecular formula is C12H21NOS. The molecule has 1 aromatic rings. The van der Waals surface area contributed by atoms with Crippen LogP contribution in [0.2, 0.25) is 0 Å². The number of rotatable bonds is 7. The lowest BCUT2D eigenvalue weighted by Crippen LogP contribution is -2.20. The lowest BCUT2D eigenvalue weighted by Gasteiger charge is -2.08. The normalized spacial score (nSPS) is 13.0. The van der Waals surface area contributed by atoms with Gasteiger partial charge in [0.25, 0.3) is 0 Å². The standard InChI is InChI=1S/C12H21NOS/c1-10(13-3)6-4-5-9-15-12-7-8-14-11(12)2/h7-8,10,13H,4-6,9H2,1-3H3. The van der Waals surface area contributed by atoms with E-state index in [2.05, 4.69) is 18.3 Å². The first-order valence-corrected chi connectivity index (χ1v) is 6.56. The summed E-state index contributed by atoms with van der Waals surface area (Å²) in [5.41, 5.74) is 0. The maximum Gasteiger partial charge on any atom is 0.114 e. The maximum atomic E-state index is 5.25. The molecule has 0 spiro atoms. The molecule has 0 saturated heterocycles. The molecule has 1 heterocycles. The largest absolute Gasteiger partial charge is 0.468 e. The lowest BCUT2D eigenvalue weighted by atomic mass is 10.1. The fraction of sp³-hybridized carbons (Fsp3) is 0.667. The first-order valence-electron chi connectivity index (χ1n) is 5.58. The van der Waals surface area contributed by atoms with Crippen molar-refractivity contribution in [1.82, 2.24) is 5.32 Å². The highest BCUT2D eigenvalue weighted by molar-refractivity contribution is 7.99. The van der Waals surface area contributed by atoms with Gasteiger partial charge in [-0.2, -0.15) is 0 Å². The van der Waals surface area contributed by atoms with Gasteiger partial charge in [0.1, 0.15) is 5.76 Å². The molecule has 2 nitrogen and oxygen atoms in total. The predicted molar refractivity (Wildman–Crippen MR) is 66.5 cm³/mol. The molecule has 0 aromatic carbocycles. The van der Waals surface area contributed by atoms with Crippen LogP contribution in [0, 0.1) is 6.92 Å². The third kappa shape index (κ3) is 4.76. The van der Waals surface area contributed by atoms with Crippen molar-refractivity contribution in [3.05, 3.63) is 18.1 Å². The van der Waals surface area contributed by atoms with Crippen molar-refractivity contribution in [3.8, 4) is 0 Å². The summed E-state index contributed by atoms with van der Waals surface area (Å²) < 4.78 is 5.25. The van der Waals surface area contributed by atoms with Gasteiger partial charge in [-0.05, 0) is 45.6 Å². The van der Waals surface area contributed by atoms with Crippen molar-refractivity contribution in [2.45, 2.75) is 44.0 Å². The highest BCUT2D eigenvalue weighted by atomic mass is 32.2. The van der Waals surface area contributed by atoms with Gasteiger partial charge in [0.15, 0.2) is 0 Å². The van der Waals surface area contributed by atoms with Crippen LogP contribution in [0.3, 0.4) is 0 Å². The van der Waals surface area contributed by atoms with Gasteiger partial charge in [-0.15, -0.1) is 11.8 Å². The van der Waals surface area contributed by atoms with Crippen molar-refractivity contribution in [2.24, 2.45) is 0 Å².